The van der Waals surface area contributed by atoms with Crippen LogP contribution < -0.4 is 14.4 Å². The molecule has 0 unspecified atom stereocenters. The minimum Gasteiger partial charge on any atom is -0.490 e. The third kappa shape index (κ3) is 7.35. The number of allylic oxidation sites excluding steroid dienone is 1. The van der Waals surface area contributed by atoms with Gasteiger partial charge in [-0.05, 0) is 112 Å². The summed E-state index contributed by atoms with van der Waals surface area (Å²) in [7, 11) is -1.77. The number of carbonyl (C=O) groups excluding carboxylic acids is 2. The zero-order valence-corrected chi connectivity index (χ0v) is 31.4. The number of ether oxygens (including phenoxy) is 2. The second kappa shape index (κ2) is 14.4. The van der Waals surface area contributed by atoms with Crippen molar-refractivity contribution in [3.05, 3.63) is 88.2 Å². The molecule has 1 N–H and O–H groups in total. The second-order valence-electron chi connectivity index (χ2n) is 15.2. The van der Waals surface area contributed by atoms with Crippen molar-refractivity contribution in [2.24, 2.45) is 22.1 Å². The summed E-state index contributed by atoms with van der Waals surface area (Å²) in [6.07, 6.45) is 12.9. The molecule has 12 heteroatoms. The number of halogens is 1. The molecule has 3 heterocycles. The zero-order chi connectivity index (χ0) is 35.9. The van der Waals surface area contributed by atoms with Crippen molar-refractivity contribution in [3.8, 4) is 5.75 Å². The number of anilines is 1. The first-order valence-electron chi connectivity index (χ1n) is 18.1. The first-order valence-corrected chi connectivity index (χ1v) is 20.2. The predicted molar refractivity (Wildman–Crippen MR) is 200 cm³/mol. The van der Waals surface area contributed by atoms with E-state index in [9.17, 15) is 13.8 Å². The van der Waals surface area contributed by atoms with Crippen LogP contribution in [0.1, 0.15) is 90.8 Å². The number of rotatable bonds is 4. The van der Waals surface area contributed by atoms with Crippen molar-refractivity contribution in [2.45, 2.75) is 76.9 Å². The Balaban J connectivity index is 1.29. The van der Waals surface area contributed by atoms with Crippen molar-refractivity contribution >= 4 is 39.0 Å². The first kappa shape index (κ1) is 35.7. The lowest BCUT2D eigenvalue weighted by Crippen LogP contribution is -2.49. The SMILES string of the molecule is CO[C@H]1/C=C/C[C@H](C)C[S@@](=O)(NC(=O)c2cnn(C(C)C)c2)=NC(=O)c2ccc3c(c2)N(C[C@@H]2CC[C@H]21)C[C@@]1(CCCc2cc(Cl)ccc21)CO3. The van der Waals surface area contributed by atoms with E-state index in [1.54, 1.807) is 24.1 Å². The van der Waals surface area contributed by atoms with Gasteiger partial charge in [-0.2, -0.15) is 5.10 Å². The second-order valence-corrected chi connectivity index (χ2v) is 17.6. The zero-order valence-electron chi connectivity index (χ0n) is 29.8. The van der Waals surface area contributed by atoms with Gasteiger partial charge in [-0.3, -0.25) is 19.0 Å². The van der Waals surface area contributed by atoms with E-state index in [1.807, 2.05) is 39.0 Å². The molecule has 272 valence electrons. The highest BCUT2D eigenvalue weighted by atomic mass is 35.5. The van der Waals surface area contributed by atoms with Gasteiger partial charge in [0.25, 0.3) is 11.8 Å². The van der Waals surface area contributed by atoms with Crippen LogP contribution in [-0.2, 0) is 26.5 Å². The quantitative estimate of drug-likeness (QED) is 0.283. The van der Waals surface area contributed by atoms with Crippen LogP contribution in [0.5, 0.6) is 5.75 Å². The lowest BCUT2D eigenvalue weighted by molar-refractivity contribution is 0.0131. The van der Waals surface area contributed by atoms with E-state index in [1.165, 1.54) is 17.3 Å². The van der Waals surface area contributed by atoms with E-state index >= 15 is 0 Å². The lowest BCUT2D eigenvalue weighted by Gasteiger charge is -2.46. The fourth-order valence-electron chi connectivity index (χ4n) is 8.31. The van der Waals surface area contributed by atoms with E-state index in [2.05, 4.69) is 43.4 Å². The largest absolute Gasteiger partial charge is 0.490 e. The molecule has 7 rings (SSSR count). The van der Waals surface area contributed by atoms with Gasteiger partial charge < -0.3 is 14.4 Å². The Morgan fingerprint density at radius 2 is 2.04 bits per heavy atom. The van der Waals surface area contributed by atoms with Crippen LogP contribution in [-0.4, -0.2) is 64.5 Å². The maximum absolute atomic E-state index is 14.5. The summed E-state index contributed by atoms with van der Waals surface area (Å²) in [5.74, 6) is 0.0553. The lowest BCUT2D eigenvalue weighted by atomic mass is 9.68. The van der Waals surface area contributed by atoms with Gasteiger partial charge in [0.2, 0.25) is 0 Å². The number of carbonyl (C=O) groups is 2. The summed E-state index contributed by atoms with van der Waals surface area (Å²) in [6, 6.07) is 11.6. The molecule has 1 spiro atoms. The van der Waals surface area contributed by atoms with Crippen molar-refractivity contribution in [2.75, 3.05) is 37.5 Å². The average molecular weight is 734 g/mol. The summed E-state index contributed by atoms with van der Waals surface area (Å²) in [5, 5.41) is 5.00. The van der Waals surface area contributed by atoms with Crippen molar-refractivity contribution in [1.82, 2.24) is 14.5 Å². The van der Waals surface area contributed by atoms with Crippen LogP contribution in [0.4, 0.5) is 5.69 Å². The molecule has 51 heavy (non-hydrogen) atoms. The van der Waals surface area contributed by atoms with Crippen LogP contribution >= 0.6 is 11.6 Å². The molecular formula is C39H48ClN5O5S. The van der Waals surface area contributed by atoms with Crippen LogP contribution in [0, 0.1) is 17.8 Å². The molecule has 2 aromatic carbocycles. The third-order valence-corrected chi connectivity index (χ3v) is 13.4. The highest BCUT2D eigenvalue weighted by Gasteiger charge is 2.44. The van der Waals surface area contributed by atoms with Crippen molar-refractivity contribution in [1.29, 1.82) is 0 Å². The highest BCUT2D eigenvalue weighted by molar-refractivity contribution is 7.92. The van der Waals surface area contributed by atoms with Crippen LogP contribution in [0.3, 0.4) is 0 Å². The number of hydrogen-bond acceptors (Lipinski definition) is 7. The number of nitrogens with one attached hydrogen (secondary N) is 1. The molecule has 6 atom stereocenters. The molecular weight excluding hydrogens is 686 g/mol. The number of aryl methyl sites for hydroxylation is 1. The minimum absolute atomic E-state index is 0.00294. The number of hydrogen-bond donors (Lipinski definition) is 1. The third-order valence-electron chi connectivity index (χ3n) is 11.2. The molecule has 1 aromatic heterocycles. The number of methoxy groups -OCH3 is 1. The van der Waals surface area contributed by atoms with Crippen LogP contribution in [0.2, 0.25) is 5.02 Å². The summed E-state index contributed by atoms with van der Waals surface area (Å²) in [6.45, 7) is 7.86. The fourth-order valence-corrected chi connectivity index (χ4v) is 10.4. The molecule has 0 saturated heterocycles. The molecule has 2 aliphatic heterocycles. The maximum Gasteiger partial charge on any atom is 0.286 e. The summed E-state index contributed by atoms with van der Waals surface area (Å²) < 4.78 is 35.8. The van der Waals surface area contributed by atoms with Crippen LogP contribution in [0.15, 0.2) is 65.3 Å². The number of amides is 2. The minimum atomic E-state index is -3.53. The van der Waals surface area contributed by atoms with Gasteiger partial charge in [0, 0.05) is 48.4 Å². The van der Waals surface area contributed by atoms with Crippen molar-refractivity contribution in [3.63, 3.8) is 0 Å². The summed E-state index contributed by atoms with van der Waals surface area (Å²) >= 11 is 6.46. The fraction of sp³-hybridized carbons (Fsp3) is 0.513. The Kier molecular flexibility index (Phi) is 10.1. The number of benzene rings is 2. The molecule has 2 aliphatic carbocycles. The van der Waals surface area contributed by atoms with Gasteiger partial charge in [-0.15, -0.1) is 4.36 Å². The molecule has 2 amide bonds. The monoisotopic (exact) mass is 733 g/mol. The molecule has 3 aromatic rings. The van der Waals surface area contributed by atoms with E-state index in [-0.39, 0.29) is 34.8 Å². The Bertz CT molecular complexity index is 1970. The summed E-state index contributed by atoms with van der Waals surface area (Å²) in [4.78, 5) is 29.8. The van der Waals surface area contributed by atoms with Gasteiger partial charge >= 0.3 is 0 Å². The van der Waals surface area contributed by atoms with E-state index in [4.69, 9.17) is 21.1 Å². The number of fused-ring (bicyclic) bond motifs is 4. The number of aromatic nitrogens is 2. The van der Waals surface area contributed by atoms with E-state index in [0.717, 1.165) is 49.4 Å². The van der Waals surface area contributed by atoms with Gasteiger partial charge in [0.05, 0.1) is 35.9 Å². The van der Waals surface area contributed by atoms with E-state index < -0.39 is 21.7 Å². The van der Waals surface area contributed by atoms with Gasteiger partial charge in [-0.1, -0.05) is 36.7 Å². The first-order chi connectivity index (χ1) is 24.5. The van der Waals surface area contributed by atoms with Gasteiger partial charge in [0.1, 0.15) is 15.7 Å². The van der Waals surface area contributed by atoms with E-state index in [0.29, 0.717) is 42.7 Å². The van der Waals surface area contributed by atoms with Crippen LogP contribution in [0.25, 0.3) is 0 Å². The molecule has 4 aliphatic rings. The Morgan fingerprint density at radius 1 is 1.20 bits per heavy atom. The van der Waals surface area contributed by atoms with Crippen molar-refractivity contribution < 1.29 is 23.3 Å². The molecule has 1 fully saturated rings. The number of nitrogens with zero attached hydrogens (tertiary/aromatic N) is 4. The topological polar surface area (TPSA) is 115 Å². The van der Waals surface area contributed by atoms with Gasteiger partial charge in [-0.25, -0.2) is 4.21 Å². The van der Waals surface area contributed by atoms with Gasteiger partial charge in [0.15, 0.2) is 0 Å². The maximum atomic E-state index is 14.5. The molecule has 2 bridgehead atoms. The highest BCUT2D eigenvalue weighted by Crippen LogP contribution is 2.47. The molecule has 0 radical (unpaired) electrons. The smallest absolute Gasteiger partial charge is 0.286 e. The average Bonchev–Trinajstić information content (AvgIpc) is 3.53. The molecule has 10 nitrogen and oxygen atoms in total. The predicted octanol–water partition coefficient (Wildman–Crippen LogP) is 7.18. The Hall–Kier alpha value is -3.67. The normalized spacial score (nSPS) is 29.9. The molecule has 1 saturated carbocycles. The Labute approximate surface area is 306 Å². The standard InChI is InChI=1S/C39H48ClN5O5S/c1-25(2)45-21-30(19-41-45)38(47)43-51(48)22-26(3)7-5-9-35(49-4)32-13-10-29(32)20-44-23-39(16-6-8-27-17-31(40)12-14-33(27)39)24-50-36-15-11-28(18-34(36)44)37(46)42-51/h5,9,11-12,14-15,17-19,21,25-26,29,32,35H,6-8,10,13,16,20,22-24H2,1-4H3,(H,42,43,46,47,48)/b9-5+/t26-,29-,32+,35-,39-,51-/m0/s1. The Morgan fingerprint density at radius 3 is 2.78 bits per heavy atom. The summed E-state index contributed by atoms with van der Waals surface area (Å²) in [5.41, 5.74) is 3.65.